The first kappa shape index (κ1) is 18.1. The molecule has 146 valence electrons. The molecule has 0 aliphatic carbocycles. The van der Waals surface area contributed by atoms with Gasteiger partial charge in [0.05, 0.1) is 11.1 Å². The zero-order valence-electron chi connectivity index (χ0n) is 16.8. The number of nitrogens with one attached hydrogen (secondary N) is 1. The van der Waals surface area contributed by atoms with Crippen molar-refractivity contribution in [2.75, 3.05) is 23.2 Å². The van der Waals surface area contributed by atoms with Gasteiger partial charge in [-0.3, -0.25) is 0 Å². The van der Waals surface area contributed by atoms with Crippen LogP contribution in [0, 0.1) is 6.92 Å². The average molecular weight is 402 g/mol. The van der Waals surface area contributed by atoms with Crippen molar-refractivity contribution in [3.63, 3.8) is 0 Å². The topological polar surface area (TPSA) is 46.0 Å². The molecule has 0 unspecified atom stereocenters. The number of anilines is 2. The van der Waals surface area contributed by atoms with Crippen LogP contribution < -0.4 is 9.62 Å². The van der Waals surface area contributed by atoms with Crippen LogP contribution in [0.3, 0.4) is 0 Å². The van der Waals surface area contributed by atoms with Crippen LogP contribution in [0.2, 0.25) is 0 Å². The fourth-order valence-electron chi connectivity index (χ4n) is 3.94. The summed E-state index contributed by atoms with van der Waals surface area (Å²) in [5.74, 6) is 0. The third kappa shape index (κ3) is 3.23. The van der Waals surface area contributed by atoms with E-state index in [1.165, 1.54) is 34.3 Å². The number of benzene rings is 1. The monoisotopic (exact) mass is 401 g/mol. The van der Waals surface area contributed by atoms with Crippen LogP contribution in [-0.4, -0.2) is 28.1 Å². The Balaban J connectivity index is 1.56. The normalized spacial score (nSPS) is 13.1. The summed E-state index contributed by atoms with van der Waals surface area (Å²) in [7, 11) is 4.22. The number of aromatic nitrogens is 3. The van der Waals surface area contributed by atoms with Gasteiger partial charge in [-0.1, -0.05) is 18.2 Å². The van der Waals surface area contributed by atoms with Gasteiger partial charge in [0, 0.05) is 62.4 Å². The molecular formula is C23H23N5S. The molecule has 0 bridgehead atoms. The highest BCUT2D eigenvalue weighted by Gasteiger charge is 2.19. The van der Waals surface area contributed by atoms with Gasteiger partial charge in [0.15, 0.2) is 0 Å². The first-order chi connectivity index (χ1) is 14.1. The highest BCUT2D eigenvalue weighted by Crippen LogP contribution is 2.39. The van der Waals surface area contributed by atoms with Crippen LogP contribution >= 0.6 is 11.9 Å². The van der Waals surface area contributed by atoms with Gasteiger partial charge in [-0.15, -0.1) is 0 Å². The predicted molar refractivity (Wildman–Crippen MR) is 122 cm³/mol. The Labute approximate surface area is 174 Å². The number of aryl methyl sites for hydroxylation is 2. The summed E-state index contributed by atoms with van der Waals surface area (Å²) < 4.78 is 5.60. The zero-order valence-corrected chi connectivity index (χ0v) is 17.6. The van der Waals surface area contributed by atoms with E-state index in [4.69, 9.17) is 0 Å². The second-order valence-electron chi connectivity index (χ2n) is 7.60. The van der Waals surface area contributed by atoms with Crippen LogP contribution in [0.5, 0.6) is 0 Å². The van der Waals surface area contributed by atoms with Crippen molar-refractivity contribution in [2.45, 2.75) is 18.4 Å². The maximum absolute atomic E-state index is 4.63. The summed E-state index contributed by atoms with van der Waals surface area (Å²) in [4.78, 5) is 11.4. The highest BCUT2D eigenvalue weighted by molar-refractivity contribution is 8.00. The minimum Gasteiger partial charge on any atom is -0.374 e. The smallest absolute Gasteiger partial charge is 0.142 e. The second-order valence-corrected chi connectivity index (χ2v) is 8.43. The minimum absolute atomic E-state index is 0.942. The number of likely N-dealkylation sites (N-methyl/N-ethyl adjacent to an activating group) is 1. The van der Waals surface area contributed by atoms with E-state index in [9.17, 15) is 0 Å². The van der Waals surface area contributed by atoms with Crippen LogP contribution in [0.4, 0.5) is 11.4 Å². The molecule has 0 atom stereocenters. The molecule has 0 spiro atoms. The van der Waals surface area contributed by atoms with E-state index in [2.05, 4.69) is 68.7 Å². The Bertz CT molecular complexity index is 1200. The standard InChI is InChI=1S/C23H23N5S/c1-15-4-7-21(25-13-15)29-26-19-8-10-24-23-22(19)18(14-28(23)3)17-6-5-16-9-11-27(2)20(16)12-17/h4-8,10,12-14H,9,11H2,1-3H3,(H,24,26). The predicted octanol–water partition coefficient (Wildman–Crippen LogP) is 5.06. The lowest BCUT2D eigenvalue weighted by molar-refractivity contribution is 0.949. The van der Waals surface area contributed by atoms with Crippen molar-refractivity contribution in [3.8, 4) is 11.1 Å². The molecule has 4 aromatic rings. The second kappa shape index (κ2) is 7.12. The van der Waals surface area contributed by atoms with Crippen molar-refractivity contribution in [3.05, 3.63) is 66.1 Å². The Morgan fingerprint density at radius 2 is 1.97 bits per heavy atom. The van der Waals surface area contributed by atoms with E-state index in [-0.39, 0.29) is 0 Å². The largest absolute Gasteiger partial charge is 0.374 e. The fourth-order valence-corrected chi connectivity index (χ4v) is 4.56. The summed E-state index contributed by atoms with van der Waals surface area (Å²) >= 11 is 1.52. The molecule has 0 fully saturated rings. The molecule has 0 radical (unpaired) electrons. The van der Waals surface area contributed by atoms with Crippen LogP contribution in [0.15, 0.2) is 60.0 Å². The first-order valence-electron chi connectivity index (χ1n) is 9.74. The Kier molecular flexibility index (Phi) is 4.43. The maximum Gasteiger partial charge on any atom is 0.142 e. The molecule has 29 heavy (non-hydrogen) atoms. The molecule has 4 heterocycles. The number of hydrogen-bond donors (Lipinski definition) is 1. The molecule has 1 aliphatic rings. The number of fused-ring (bicyclic) bond motifs is 2. The summed E-state index contributed by atoms with van der Waals surface area (Å²) in [6, 6.07) is 13.0. The van der Waals surface area contributed by atoms with E-state index < -0.39 is 0 Å². The molecule has 6 heteroatoms. The van der Waals surface area contributed by atoms with Crippen LogP contribution in [0.1, 0.15) is 11.1 Å². The van der Waals surface area contributed by atoms with Gasteiger partial charge >= 0.3 is 0 Å². The van der Waals surface area contributed by atoms with E-state index in [0.29, 0.717) is 0 Å². The fraction of sp³-hybridized carbons (Fsp3) is 0.217. The first-order valence-corrected chi connectivity index (χ1v) is 10.6. The third-order valence-electron chi connectivity index (χ3n) is 5.53. The van der Waals surface area contributed by atoms with Crippen molar-refractivity contribution < 1.29 is 0 Å². The summed E-state index contributed by atoms with van der Waals surface area (Å²) in [5.41, 5.74) is 8.34. The quantitative estimate of drug-likeness (QED) is 0.485. The van der Waals surface area contributed by atoms with Crippen LogP contribution in [0.25, 0.3) is 22.2 Å². The number of hydrogen-bond acceptors (Lipinski definition) is 5. The van der Waals surface area contributed by atoms with E-state index in [1.807, 2.05) is 31.5 Å². The maximum atomic E-state index is 4.63. The molecule has 0 saturated heterocycles. The van der Waals surface area contributed by atoms with Gasteiger partial charge < -0.3 is 14.2 Å². The number of nitrogens with zero attached hydrogens (tertiary/aromatic N) is 4. The zero-order chi connectivity index (χ0) is 20.0. The summed E-state index contributed by atoms with van der Waals surface area (Å²) in [6.07, 6.45) is 7.04. The Morgan fingerprint density at radius 1 is 1.07 bits per heavy atom. The number of pyridine rings is 2. The van der Waals surface area contributed by atoms with Crippen molar-refractivity contribution in [1.29, 1.82) is 0 Å². The molecule has 1 N–H and O–H groups in total. The SMILES string of the molecule is Cc1ccc(SNc2ccnc3c2c(-c2ccc4c(c2)N(C)CC4)cn3C)nc1. The molecule has 5 nitrogen and oxygen atoms in total. The molecular weight excluding hydrogens is 378 g/mol. The van der Waals surface area contributed by atoms with Gasteiger partial charge in [0.25, 0.3) is 0 Å². The van der Waals surface area contributed by atoms with E-state index in [0.717, 1.165) is 40.3 Å². The highest BCUT2D eigenvalue weighted by atomic mass is 32.2. The lowest BCUT2D eigenvalue weighted by Gasteiger charge is -2.13. The number of rotatable bonds is 4. The minimum atomic E-state index is 0.942. The average Bonchev–Trinajstić information content (AvgIpc) is 3.28. The molecule has 5 rings (SSSR count). The van der Waals surface area contributed by atoms with Gasteiger partial charge in [0.2, 0.25) is 0 Å². The lowest BCUT2D eigenvalue weighted by atomic mass is 10.0. The molecule has 0 amide bonds. The van der Waals surface area contributed by atoms with Crippen LogP contribution in [-0.2, 0) is 13.5 Å². The summed E-state index contributed by atoms with van der Waals surface area (Å²) in [5, 5.41) is 2.08. The summed E-state index contributed by atoms with van der Waals surface area (Å²) in [6.45, 7) is 3.13. The molecule has 1 aromatic carbocycles. The van der Waals surface area contributed by atoms with E-state index >= 15 is 0 Å². The third-order valence-corrected chi connectivity index (χ3v) is 6.30. The van der Waals surface area contributed by atoms with Gasteiger partial charge in [-0.2, -0.15) is 0 Å². The Hall–Kier alpha value is -2.99. The molecule has 1 aliphatic heterocycles. The lowest BCUT2D eigenvalue weighted by Crippen LogP contribution is -2.12. The van der Waals surface area contributed by atoms with Crippen molar-refractivity contribution >= 4 is 34.4 Å². The van der Waals surface area contributed by atoms with Gasteiger partial charge in [-0.25, -0.2) is 9.97 Å². The molecule has 3 aromatic heterocycles. The Morgan fingerprint density at radius 3 is 2.79 bits per heavy atom. The van der Waals surface area contributed by atoms with E-state index in [1.54, 1.807) is 0 Å². The van der Waals surface area contributed by atoms with Gasteiger partial charge in [-0.05, 0) is 48.2 Å². The molecule has 0 saturated carbocycles. The van der Waals surface area contributed by atoms with Gasteiger partial charge in [0.1, 0.15) is 10.7 Å². The van der Waals surface area contributed by atoms with Crippen molar-refractivity contribution in [2.24, 2.45) is 7.05 Å². The van der Waals surface area contributed by atoms with Crippen molar-refractivity contribution in [1.82, 2.24) is 14.5 Å².